The number of aromatic nitrogens is 3. The second-order valence-electron chi connectivity index (χ2n) is 5.56. The van der Waals surface area contributed by atoms with E-state index in [1.165, 1.54) is 32.5 Å². The van der Waals surface area contributed by atoms with Crippen molar-refractivity contribution in [1.29, 1.82) is 0 Å². The summed E-state index contributed by atoms with van der Waals surface area (Å²) >= 11 is 0. The summed E-state index contributed by atoms with van der Waals surface area (Å²) in [4.78, 5) is 6.94. The molecule has 0 radical (unpaired) electrons. The first-order chi connectivity index (χ1) is 8.86. The lowest BCUT2D eigenvalue weighted by Gasteiger charge is -2.24. The summed E-state index contributed by atoms with van der Waals surface area (Å²) in [7, 11) is 0. The van der Waals surface area contributed by atoms with E-state index in [0.29, 0.717) is 6.04 Å². The fraction of sp³-hybridized carbons (Fsp3) is 0.846. The Balaban J connectivity index is 1.61. The highest BCUT2D eigenvalue weighted by atomic mass is 15.4. The van der Waals surface area contributed by atoms with Crippen LogP contribution in [0.5, 0.6) is 0 Å². The van der Waals surface area contributed by atoms with E-state index in [9.17, 15) is 0 Å². The molecule has 3 heterocycles. The lowest BCUT2D eigenvalue weighted by Crippen LogP contribution is -2.40. The zero-order valence-electron chi connectivity index (χ0n) is 11.2. The van der Waals surface area contributed by atoms with Crippen molar-refractivity contribution in [2.45, 2.75) is 45.3 Å². The summed E-state index contributed by atoms with van der Waals surface area (Å²) in [6, 6.07) is 0.710. The van der Waals surface area contributed by atoms with Crippen molar-refractivity contribution in [3.63, 3.8) is 0 Å². The van der Waals surface area contributed by atoms with Crippen LogP contribution < -0.4 is 5.32 Å². The molecule has 100 valence electrons. The molecule has 1 N–H and O–H groups in total. The van der Waals surface area contributed by atoms with Crippen molar-refractivity contribution in [3.05, 3.63) is 12.2 Å². The van der Waals surface area contributed by atoms with Crippen LogP contribution in [0.15, 0.2) is 6.33 Å². The van der Waals surface area contributed by atoms with Crippen LogP contribution in [0.25, 0.3) is 0 Å². The van der Waals surface area contributed by atoms with Gasteiger partial charge in [0, 0.05) is 25.7 Å². The van der Waals surface area contributed by atoms with Crippen molar-refractivity contribution in [2.24, 2.45) is 5.92 Å². The molecule has 5 nitrogen and oxygen atoms in total. The quantitative estimate of drug-likeness (QED) is 0.860. The Bertz CT molecular complexity index is 374. The van der Waals surface area contributed by atoms with Crippen LogP contribution >= 0.6 is 0 Å². The van der Waals surface area contributed by atoms with Gasteiger partial charge in [-0.05, 0) is 31.7 Å². The van der Waals surface area contributed by atoms with Crippen LogP contribution in [0.2, 0.25) is 0 Å². The van der Waals surface area contributed by atoms with Gasteiger partial charge in [0.15, 0.2) is 0 Å². The lowest BCUT2D eigenvalue weighted by molar-refractivity contribution is 0.297. The molecule has 0 aromatic carbocycles. The molecule has 0 bridgehead atoms. The Hall–Kier alpha value is -0.940. The highest BCUT2D eigenvalue weighted by molar-refractivity contribution is 4.94. The molecule has 0 saturated carbocycles. The number of aryl methyl sites for hydroxylation is 1. The van der Waals surface area contributed by atoms with E-state index in [-0.39, 0.29) is 0 Å². The smallest absolute Gasteiger partial charge is 0.141 e. The molecule has 0 amide bonds. The first-order valence-corrected chi connectivity index (χ1v) is 7.19. The Kier molecular flexibility index (Phi) is 3.61. The van der Waals surface area contributed by atoms with Gasteiger partial charge < -0.3 is 5.32 Å². The van der Waals surface area contributed by atoms with Gasteiger partial charge in [0.05, 0.1) is 6.54 Å². The van der Waals surface area contributed by atoms with E-state index in [2.05, 4.69) is 31.9 Å². The molecule has 2 aliphatic rings. The number of hydrogen-bond donors (Lipinski definition) is 1. The van der Waals surface area contributed by atoms with Gasteiger partial charge >= 0.3 is 0 Å². The van der Waals surface area contributed by atoms with Crippen LogP contribution in [0, 0.1) is 5.92 Å². The third-order valence-electron chi connectivity index (χ3n) is 4.17. The molecule has 2 unspecified atom stereocenters. The van der Waals surface area contributed by atoms with Gasteiger partial charge in [0.2, 0.25) is 0 Å². The number of likely N-dealkylation sites (tertiary alicyclic amines) is 1. The monoisotopic (exact) mass is 249 g/mol. The molecule has 0 aliphatic carbocycles. The van der Waals surface area contributed by atoms with Crippen molar-refractivity contribution in [2.75, 3.05) is 19.6 Å². The maximum absolute atomic E-state index is 4.41. The molecule has 2 fully saturated rings. The first-order valence-electron chi connectivity index (χ1n) is 7.19. The number of nitrogens with zero attached hydrogens (tertiary/aromatic N) is 4. The molecule has 3 rings (SSSR count). The summed E-state index contributed by atoms with van der Waals surface area (Å²) in [5, 5.41) is 7.95. The predicted molar refractivity (Wildman–Crippen MR) is 70.1 cm³/mol. The fourth-order valence-electron chi connectivity index (χ4n) is 3.27. The van der Waals surface area contributed by atoms with Gasteiger partial charge in [-0.15, -0.1) is 0 Å². The number of nitrogens with one attached hydrogen (secondary N) is 1. The highest BCUT2D eigenvalue weighted by Gasteiger charge is 2.34. The molecule has 18 heavy (non-hydrogen) atoms. The fourth-order valence-corrected chi connectivity index (χ4v) is 3.27. The van der Waals surface area contributed by atoms with Gasteiger partial charge in [-0.1, -0.05) is 6.92 Å². The zero-order chi connectivity index (χ0) is 12.4. The Morgan fingerprint density at radius 1 is 1.44 bits per heavy atom. The molecule has 1 aromatic heterocycles. The standard InChI is InChI=1S/C13H23N5/c1-2-6-18-13(15-10-16-18)9-17-7-11-4-3-5-14-12(11)8-17/h10-12,14H,2-9H2,1H3. The van der Waals surface area contributed by atoms with Crippen molar-refractivity contribution >= 4 is 0 Å². The Morgan fingerprint density at radius 2 is 2.39 bits per heavy atom. The highest BCUT2D eigenvalue weighted by Crippen LogP contribution is 2.25. The summed E-state index contributed by atoms with van der Waals surface area (Å²) < 4.78 is 2.05. The van der Waals surface area contributed by atoms with E-state index < -0.39 is 0 Å². The number of rotatable bonds is 4. The normalized spacial score (nSPS) is 28.5. The van der Waals surface area contributed by atoms with Gasteiger partial charge in [-0.2, -0.15) is 5.10 Å². The van der Waals surface area contributed by atoms with Crippen molar-refractivity contribution < 1.29 is 0 Å². The first kappa shape index (κ1) is 12.1. The molecule has 0 spiro atoms. The lowest BCUT2D eigenvalue weighted by atomic mass is 9.94. The van der Waals surface area contributed by atoms with E-state index in [1.807, 2.05) is 0 Å². The van der Waals surface area contributed by atoms with Crippen LogP contribution in [0.4, 0.5) is 0 Å². The third kappa shape index (κ3) is 2.42. The molecule has 2 aliphatic heterocycles. The van der Waals surface area contributed by atoms with Gasteiger partial charge in [0.25, 0.3) is 0 Å². The summed E-state index contributed by atoms with van der Waals surface area (Å²) in [5.41, 5.74) is 0. The van der Waals surface area contributed by atoms with Crippen LogP contribution in [0.3, 0.4) is 0 Å². The predicted octanol–water partition coefficient (Wildman–Crippen LogP) is 0.872. The van der Waals surface area contributed by atoms with Gasteiger partial charge in [-0.25, -0.2) is 9.67 Å². The van der Waals surface area contributed by atoms with Crippen molar-refractivity contribution in [3.8, 4) is 0 Å². The average molecular weight is 249 g/mol. The Morgan fingerprint density at radius 3 is 3.22 bits per heavy atom. The summed E-state index contributed by atoms with van der Waals surface area (Å²) in [6.07, 6.45) is 5.52. The minimum atomic E-state index is 0.710. The largest absolute Gasteiger partial charge is 0.312 e. The molecule has 2 saturated heterocycles. The number of hydrogen-bond acceptors (Lipinski definition) is 4. The van der Waals surface area contributed by atoms with Crippen LogP contribution in [-0.4, -0.2) is 45.3 Å². The third-order valence-corrected chi connectivity index (χ3v) is 4.17. The van der Waals surface area contributed by atoms with Crippen molar-refractivity contribution in [1.82, 2.24) is 25.0 Å². The minimum absolute atomic E-state index is 0.710. The molecule has 1 aromatic rings. The molecule has 2 atom stereocenters. The second-order valence-corrected chi connectivity index (χ2v) is 5.56. The molecular formula is C13H23N5. The maximum atomic E-state index is 4.41. The molecular weight excluding hydrogens is 226 g/mol. The maximum Gasteiger partial charge on any atom is 0.141 e. The van der Waals surface area contributed by atoms with Crippen LogP contribution in [0.1, 0.15) is 32.0 Å². The number of piperidine rings is 1. The Labute approximate surface area is 109 Å². The van der Waals surface area contributed by atoms with Gasteiger partial charge in [0.1, 0.15) is 12.2 Å². The summed E-state index contributed by atoms with van der Waals surface area (Å²) in [5.74, 6) is 1.97. The van der Waals surface area contributed by atoms with E-state index in [4.69, 9.17) is 0 Å². The topological polar surface area (TPSA) is 46.0 Å². The second kappa shape index (κ2) is 5.36. The minimum Gasteiger partial charge on any atom is -0.312 e. The zero-order valence-corrected chi connectivity index (χ0v) is 11.2. The van der Waals surface area contributed by atoms with E-state index >= 15 is 0 Å². The van der Waals surface area contributed by atoms with Crippen LogP contribution in [-0.2, 0) is 13.1 Å². The number of fused-ring (bicyclic) bond motifs is 1. The molecule has 5 heteroatoms. The summed E-state index contributed by atoms with van der Waals surface area (Å²) in [6.45, 7) is 7.70. The van der Waals surface area contributed by atoms with E-state index in [1.54, 1.807) is 6.33 Å². The average Bonchev–Trinajstić information content (AvgIpc) is 2.97. The van der Waals surface area contributed by atoms with E-state index in [0.717, 1.165) is 31.3 Å². The SMILES string of the molecule is CCCn1ncnc1CN1CC2CCCNC2C1. The van der Waals surface area contributed by atoms with Gasteiger partial charge in [-0.3, -0.25) is 4.90 Å².